The lowest BCUT2D eigenvalue weighted by molar-refractivity contribution is 0.210. The lowest BCUT2D eigenvalue weighted by atomic mass is 10.0. The standard InChI is InChI=1S/C24H21N7O2/c25-24-27-22(20-6-3-13-32-20)21(15-9-11-26-12-10-15)23(28-24)31-19-8-7-17(14-18(19)29-30-31)33-16-4-1-2-5-16/h3,6-14,16H,1-2,4-5H2,(H2,25,27,28). The maximum atomic E-state index is 6.14. The molecular formula is C24H21N7O2. The molecular weight excluding hydrogens is 418 g/mol. The first-order valence-electron chi connectivity index (χ1n) is 10.9. The predicted octanol–water partition coefficient (Wildman–Crippen LogP) is 4.44. The molecule has 0 amide bonds. The van der Waals surface area contributed by atoms with Crippen molar-refractivity contribution in [1.29, 1.82) is 0 Å². The van der Waals surface area contributed by atoms with Gasteiger partial charge in [0.25, 0.3) is 0 Å². The number of aromatic nitrogens is 6. The van der Waals surface area contributed by atoms with Gasteiger partial charge in [0.1, 0.15) is 17.0 Å². The van der Waals surface area contributed by atoms with Gasteiger partial charge in [-0.25, -0.2) is 4.98 Å². The summed E-state index contributed by atoms with van der Waals surface area (Å²) in [5, 5.41) is 8.79. The fourth-order valence-electron chi connectivity index (χ4n) is 4.33. The summed E-state index contributed by atoms with van der Waals surface area (Å²) < 4.78 is 13.5. The molecule has 9 nitrogen and oxygen atoms in total. The normalized spacial score (nSPS) is 14.2. The first-order valence-corrected chi connectivity index (χ1v) is 10.9. The van der Waals surface area contributed by atoms with Gasteiger partial charge in [0.15, 0.2) is 11.6 Å². The van der Waals surface area contributed by atoms with E-state index in [0.29, 0.717) is 22.8 Å². The third-order valence-electron chi connectivity index (χ3n) is 5.85. The summed E-state index contributed by atoms with van der Waals surface area (Å²) in [7, 11) is 0. The van der Waals surface area contributed by atoms with E-state index in [-0.39, 0.29) is 12.1 Å². The number of pyridine rings is 1. The molecule has 5 aromatic rings. The molecule has 0 unspecified atom stereocenters. The highest BCUT2D eigenvalue weighted by Gasteiger charge is 2.23. The van der Waals surface area contributed by atoms with E-state index >= 15 is 0 Å². The Morgan fingerprint density at radius 1 is 1.03 bits per heavy atom. The number of benzene rings is 1. The molecule has 4 heterocycles. The molecule has 0 radical (unpaired) electrons. The molecule has 1 aliphatic carbocycles. The molecule has 1 aliphatic rings. The molecule has 1 aromatic carbocycles. The molecule has 1 saturated carbocycles. The number of ether oxygens (including phenoxy) is 1. The number of hydrogen-bond donors (Lipinski definition) is 1. The Hall–Kier alpha value is -4.27. The minimum atomic E-state index is 0.110. The number of furan rings is 1. The van der Waals surface area contributed by atoms with Crippen LogP contribution in [0.1, 0.15) is 25.7 Å². The van der Waals surface area contributed by atoms with Crippen molar-refractivity contribution in [3.8, 4) is 34.1 Å². The van der Waals surface area contributed by atoms with E-state index in [2.05, 4.69) is 25.3 Å². The SMILES string of the molecule is Nc1nc(-c2ccco2)c(-c2ccncc2)c(-n2nnc3cc(OC4CCCC4)ccc32)n1. The zero-order chi connectivity index (χ0) is 22.2. The van der Waals surface area contributed by atoms with E-state index in [1.807, 2.05) is 36.4 Å². The van der Waals surface area contributed by atoms with E-state index in [9.17, 15) is 0 Å². The summed E-state index contributed by atoms with van der Waals surface area (Å²) in [5.74, 6) is 1.99. The summed E-state index contributed by atoms with van der Waals surface area (Å²) >= 11 is 0. The predicted molar refractivity (Wildman–Crippen MR) is 123 cm³/mol. The maximum absolute atomic E-state index is 6.14. The number of nitrogen functional groups attached to an aromatic ring is 1. The molecule has 4 aromatic heterocycles. The second kappa shape index (κ2) is 8.01. The third-order valence-corrected chi connectivity index (χ3v) is 5.85. The molecule has 0 bridgehead atoms. The second-order valence-electron chi connectivity index (χ2n) is 8.02. The fraction of sp³-hybridized carbons (Fsp3) is 0.208. The Morgan fingerprint density at radius 3 is 2.67 bits per heavy atom. The van der Waals surface area contributed by atoms with Gasteiger partial charge >= 0.3 is 0 Å². The number of rotatable bonds is 5. The quantitative estimate of drug-likeness (QED) is 0.427. The maximum Gasteiger partial charge on any atom is 0.222 e. The average Bonchev–Trinajstić information content (AvgIpc) is 3.61. The van der Waals surface area contributed by atoms with Crippen molar-refractivity contribution >= 4 is 17.0 Å². The lowest BCUT2D eigenvalue weighted by Gasteiger charge is -2.14. The number of hydrogen-bond acceptors (Lipinski definition) is 8. The van der Waals surface area contributed by atoms with Gasteiger partial charge in [-0.3, -0.25) is 4.98 Å². The highest BCUT2D eigenvalue weighted by Crippen LogP contribution is 2.36. The number of anilines is 1. The topological polar surface area (TPSA) is 118 Å². The Bertz CT molecular complexity index is 1410. The first-order chi connectivity index (χ1) is 16.3. The van der Waals surface area contributed by atoms with Crippen LogP contribution in [-0.4, -0.2) is 36.0 Å². The Kier molecular flexibility index (Phi) is 4.71. The van der Waals surface area contributed by atoms with Gasteiger partial charge in [-0.15, -0.1) is 5.10 Å². The van der Waals surface area contributed by atoms with E-state index in [1.54, 1.807) is 29.4 Å². The third kappa shape index (κ3) is 3.57. The van der Waals surface area contributed by atoms with Crippen LogP contribution >= 0.6 is 0 Å². The minimum absolute atomic E-state index is 0.110. The molecule has 0 spiro atoms. The smallest absolute Gasteiger partial charge is 0.222 e. The van der Waals surface area contributed by atoms with Crippen LogP contribution in [0.25, 0.3) is 39.4 Å². The summed E-state index contributed by atoms with van der Waals surface area (Å²) in [6, 6.07) is 13.2. The molecule has 0 atom stereocenters. The van der Waals surface area contributed by atoms with Crippen molar-refractivity contribution < 1.29 is 9.15 Å². The van der Waals surface area contributed by atoms with Gasteiger partial charge in [0, 0.05) is 18.5 Å². The van der Waals surface area contributed by atoms with Crippen molar-refractivity contribution in [1.82, 2.24) is 29.9 Å². The molecule has 2 N–H and O–H groups in total. The lowest BCUT2D eigenvalue weighted by Crippen LogP contribution is -2.10. The van der Waals surface area contributed by atoms with E-state index in [1.165, 1.54) is 12.8 Å². The Labute approximate surface area is 189 Å². The molecule has 6 rings (SSSR count). The van der Waals surface area contributed by atoms with Crippen LogP contribution < -0.4 is 10.5 Å². The van der Waals surface area contributed by atoms with Gasteiger partial charge in [0.2, 0.25) is 5.95 Å². The van der Waals surface area contributed by atoms with Gasteiger partial charge < -0.3 is 14.9 Å². The highest BCUT2D eigenvalue weighted by molar-refractivity contribution is 5.87. The monoisotopic (exact) mass is 439 g/mol. The summed E-state index contributed by atoms with van der Waals surface area (Å²) in [5.41, 5.74) is 9.76. The van der Waals surface area contributed by atoms with E-state index in [0.717, 1.165) is 35.2 Å². The van der Waals surface area contributed by atoms with Gasteiger partial charge in [-0.05, 0) is 67.6 Å². The van der Waals surface area contributed by atoms with Crippen LogP contribution in [0.2, 0.25) is 0 Å². The molecule has 0 saturated heterocycles. The summed E-state index contributed by atoms with van der Waals surface area (Å²) in [6.07, 6.45) is 9.92. The van der Waals surface area contributed by atoms with Crippen LogP contribution in [0.15, 0.2) is 65.5 Å². The zero-order valence-corrected chi connectivity index (χ0v) is 17.8. The van der Waals surface area contributed by atoms with Crippen LogP contribution in [0.5, 0.6) is 5.75 Å². The van der Waals surface area contributed by atoms with E-state index in [4.69, 9.17) is 14.9 Å². The number of fused-ring (bicyclic) bond motifs is 1. The second-order valence-corrected chi connectivity index (χ2v) is 8.02. The van der Waals surface area contributed by atoms with Gasteiger partial charge in [-0.1, -0.05) is 5.21 Å². The van der Waals surface area contributed by atoms with Crippen LogP contribution in [0.3, 0.4) is 0 Å². The van der Waals surface area contributed by atoms with Crippen LogP contribution in [0, 0.1) is 0 Å². The van der Waals surface area contributed by atoms with E-state index < -0.39 is 0 Å². The first kappa shape index (κ1) is 19.4. The zero-order valence-electron chi connectivity index (χ0n) is 17.8. The molecule has 1 fully saturated rings. The van der Waals surface area contributed by atoms with Crippen molar-refractivity contribution in [2.45, 2.75) is 31.8 Å². The van der Waals surface area contributed by atoms with Crippen molar-refractivity contribution in [3.63, 3.8) is 0 Å². The fourth-order valence-corrected chi connectivity index (χ4v) is 4.33. The Morgan fingerprint density at radius 2 is 1.88 bits per heavy atom. The number of nitrogens with two attached hydrogens (primary N) is 1. The molecule has 9 heteroatoms. The molecule has 164 valence electrons. The number of nitrogens with zero attached hydrogens (tertiary/aromatic N) is 6. The largest absolute Gasteiger partial charge is 0.490 e. The molecule has 0 aliphatic heterocycles. The van der Waals surface area contributed by atoms with Crippen molar-refractivity contribution in [3.05, 3.63) is 61.1 Å². The van der Waals surface area contributed by atoms with Gasteiger partial charge in [-0.2, -0.15) is 9.67 Å². The molecule has 33 heavy (non-hydrogen) atoms. The van der Waals surface area contributed by atoms with Crippen LogP contribution in [-0.2, 0) is 0 Å². The Balaban J connectivity index is 1.52. The summed E-state index contributed by atoms with van der Waals surface area (Å²) in [4.78, 5) is 13.2. The van der Waals surface area contributed by atoms with Crippen LogP contribution in [0.4, 0.5) is 5.95 Å². The van der Waals surface area contributed by atoms with Crippen molar-refractivity contribution in [2.75, 3.05) is 5.73 Å². The minimum Gasteiger partial charge on any atom is -0.490 e. The van der Waals surface area contributed by atoms with Gasteiger partial charge in [0.05, 0.1) is 23.4 Å². The van der Waals surface area contributed by atoms with Crippen molar-refractivity contribution in [2.24, 2.45) is 0 Å². The average molecular weight is 439 g/mol. The summed E-state index contributed by atoms with van der Waals surface area (Å²) in [6.45, 7) is 0. The highest BCUT2D eigenvalue weighted by atomic mass is 16.5.